The summed E-state index contributed by atoms with van der Waals surface area (Å²) in [5.41, 5.74) is 6.60. The maximum atomic E-state index is 13.8. The number of piperidine rings is 1. The van der Waals surface area contributed by atoms with Crippen LogP contribution in [-0.2, 0) is 16.8 Å². The monoisotopic (exact) mass is 668 g/mol. The summed E-state index contributed by atoms with van der Waals surface area (Å²) in [5, 5.41) is 7.42. The molecule has 0 spiro atoms. The van der Waals surface area contributed by atoms with E-state index in [4.69, 9.17) is 28.3 Å². The van der Waals surface area contributed by atoms with Crippen LogP contribution in [0.2, 0.25) is 10.0 Å². The molecule has 0 radical (unpaired) electrons. The first kappa shape index (κ1) is 30.8. The van der Waals surface area contributed by atoms with Crippen LogP contribution in [0.5, 0.6) is 0 Å². The number of benzene rings is 2. The second kappa shape index (κ2) is 13.0. The normalized spacial score (nSPS) is 15.5. The number of aryl methyl sites for hydroxylation is 1. The molecule has 2 aromatic carbocycles. The molecule has 1 amide bonds. The number of rotatable bonds is 8. The Morgan fingerprint density at radius 1 is 0.977 bits per heavy atom. The quantitative estimate of drug-likeness (QED) is 0.194. The molecular weight excluding hydrogens is 639 g/mol. The first-order valence-electron chi connectivity index (χ1n) is 14.2. The Bertz CT molecular complexity index is 1870. The van der Waals surface area contributed by atoms with Crippen molar-refractivity contribution in [2.24, 2.45) is 0 Å². The first-order valence-corrected chi connectivity index (χ1v) is 17.3. The van der Waals surface area contributed by atoms with Crippen LogP contribution in [0.4, 0.5) is 0 Å². The maximum absolute atomic E-state index is 13.8. The summed E-state index contributed by atoms with van der Waals surface area (Å²) in [6.07, 6.45) is 3.06. The maximum Gasteiger partial charge on any atom is 0.286 e. The fourth-order valence-corrected chi connectivity index (χ4v) is 7.40. The van der Waals surface area contributed by atoms with Gasteiger partial charge in [0.25, 0.3) is 16.1 Å². The minimum atomic E-state index is -3.72. The number of hydrogen-bond donors (Lipinski definition) is 2. The van der Waals surface area contributed by atoms with Crippen LogP contribution < -0.4 is 10.1 Å². The largest absolute Gasteiger partial charge is 0.286 e. The van der Waals surface area contributed by atoms with E-state index in [2.05, 4.69) is 22.0 Å². The van der Waals surface area contributed by atoms with E-state index in [-0.39, 0.29) is 12.2 Å². The Balaban J connectivity index is 1.46. The van der Waals surface area contributed by atoms with Gasteiger partial charge in [0, 0.05) is 48.9 Å². The lowest BCUT2D eigenvalue weighted by Crippen LogP contribution is -2.45. The van der Waals surface area contributed by atoms with E-state index in [0.717, 1.165) is 53.2 Å². The molecule has 2 aliphatic heterocycles. The summed E-state index contributed by atoms with van der Waals surface area (Å²) < 4.78 is 31.3. The lowest BCUT2D eigenvalue weighted by molar-refractivity contribution is 0.0743. The fourth-order valence-electron chi connectivity index (χ4n) is 4.92. The average molecular weight is 670 g/mol. The molecule has 0 atom stereocenters. The van der Waals surface area contributed by atoms with Gasteiger partial charge in [-0.05, 0) is 62.2 Å². The molecule has 6 rings (SSSR count). The minimum Gasteiger partial charge on any atom is -0.283 e. The number of nitrogens with one attached hydrogen (secondary N) is 2. The smallest absolute Gasteiger partial charge is 0.283 e. The van der Waals surface area contributed by atoms with Gasteiger partial charge in [0.05, 0.1) is 26.2 Å². The van der Waals surface area contributed by atoms with E-state index in [1.54, 1.807) is 22.9 Å². The lowest BCUT2D eigenvalue weighted by Gasteiger charge is -2.26. The Kier molecular flexibility index (Phi) is 9.12. The van der Waals surface area contributed by atoms with Gasteiger partial charge in [-0.2, -0.15) is 22.5 Å². The number of hydrogen-bond acceptors (Lipinski definition) is 6. The zero-order valence-corrected chi connectivity index (χ0v) is 27.1. The molecule has 2 N–H and O–H groups in total. The molecule has 4 aromatic rings. The number of thiophene rings is 1. The van der Waals surface area contributed by atoms with Crippen LogP contribution >= 0.6 is 34.5 Å². The zero-order valence-electron chi connectivity index (χ0n) is 23.9. The van der Waals surface area contributed by atoms with E-state index < -0.39 is 16.1 Å². The van der Waals surface area contributed by atoms with Crippen molar-refractivity contribution in [3.05, 3.63) is 91.9 Å². The predicted molar refractivity (Wildman–Crippen MR) is 174 cm³/mol. The van der Waals surface area contributed by atoms with E-state index >= 15 is 0 Å². The molecule has 2 aliphatic rings. The van der Waals surface area contributed by atoms with E-state index in [0.29, 0.717) is 40.1 Å². The molecule has 2 aromatic heterocycles. The van der Waals surface area contributed by atoms with Crippen molar-refractivity contribution < 1.29 is 13.2 Å². The molecule has 13 heteroatoms. The van der Waals surface area contributed by atoms with Gasteiger partial charge in [-0.25, -0.2) is 9.69 Å². The van der Waals surface area contributed by atoms with Gasteiger partial charge >= 0.3 is 0 Å². The standard InChI is InChI=1S/C31H30Cl2N6O3S2/c1-21-5-7-22(8-6-21)9-11-24-12-14-28(43-24)30-25(20-34-44(41,42)38-17-18-38)29(31(40)36-37-15-3-2-4-16-37)35-39(30)27-13-10-23(32)19-26(27)33/h5-8,10,12-14,19,34H,2-4,15-18,20H2,1H3,(H,36,40). The average Bonchev–Trinajstić information content (AvgIpc) is 3.66. The number of nitrogens with zero attached hydrogens (tertiary/aromatic N) is 4. The van der Waals surface area contributed by atoms with Gasteiger partial charge in [-0.3, -0.25) is 10.2 Å². The summed E-state index contributed by atoms with van der Waals surface area (Å²) in [6.45, 7) is 4.25. The Morgan fingerprint density at radius 3 is 2.43 bits per heavy atom. The molecule has 0 bridgehead atoms. The van der Waals surface area contributed by atoms with Gasteiger partial charge in [-0.1, -0.05) is 59.2 Å². The highest BCUT2D eigenvalue weighted by atomic mass is 35.5. The number of carbonyl (C=O) groups excluding carboxylic acids is 1. The second-order valence-corrected chi connectivity index (χ2v) is 14.4. The van der Waals surface area contributed by atoms with Gasteiger partial charge in [0.15, 0.2) is 5.69 Å². The molecule has 44 heavy (non-hydrogen) atoms. The van der Waals surface area contributed by atoms with Crippen LogP contribution in [0.3, 0.4) is 0 Å². The van der Waals surface area contributed by atoms with E-state index in [1.807, 2.05) is 48.3 Å². The summed E-state index contributed by atoms with van der Waals surface area (Å²) >= 11 is 14.3. The number of amides is 1. The molecule has 9 nitrogen and oxygen atoms in total. The van der Waals surface area contributed by atoms with E-state index in [9.17, 15) is 13.2 Å². The Morgan fingerprint density at radius 2 is 1.73 bits per heavy atom. The van der Waals surface area contributed by atoms with Crippen molar-refractivity contribution in [2.75, 3.05) is 26.2 Å². The third-order valence-corrected chi connectivity index (χ3v) is 10.5. The van der Waals surface area contributed by atoms with Gasteiger partial charge in [0.1, 0.15) is 0 Å². The summed E-state index contributed by atoms with van der Waals surface area (Å²) in [7, 11) is -3.72. The van der Waals surface area contributed by atoms with Crippen LogP contribution in [0.15, 0.2) is 54.6 Å². The third-order valence-electron chi connectivity index (χ3n) is 7.35. The lowest BCUT2D eigenvalue weighted by atomic mass is 10.1. The third kappa shape index (κ3) is 7.03. The molecule has 2 saturated heterocycles. The highest BCUT2D eigenvalue weighted by molar-refractivity contribution is 7.87. The van der Waals surface area contributed by atoms with Crippen LogP contribution in [0, 0.1) is 18.8 Å². The van der Waals surface area contributed by atoms with Crippen LogP contribution in [0.25, 0.3) is 16.3 Å². The van der Waals surface area contributed by atoms with Crippen LogP contribution in [-0.4, -0.2) is 59.6 Å². The molecule has 228 valence electrons. The Hall–Kier alpha value is -3.21. The SMILES string of the molecule is Cc1ccc(C#Cc2ccc(-c3c(CNS(=O)(=O)N4CC4)c(C(=O)NN4CCCCC4)nn3-c3ccc(Cl)cc3Cl)s2)cc1. The highest BCUT2D eigenvalue weighted by Gasteiger charge is 2.34. The predicted octanol–water partition coefficient (Wildman–Crippen LogP) is 5.40. The molecule has 0 saturated carbocycles. The van der Waals surface area contributed by atoms with Crippen molar-refractivity contribution in [2.45, 2.75) is 32.7 Å². The highest BCUT2D eigenvalue weighted by Crippen LogP contribution is 2.37. The molecule has 2 fully saturated rings. The second-order valence-electron chi connectivity index (χ2n) is 10.7. The minimum absolute atomic E-state index is 0.103. The van der Waals surface area contributed by atoms with Gasteiger partial charge < -0.3 is 0 Å². The van der Waals surface area contributed by atoms with Crippen molar-refractivity contribution in [1.82, 2.24) is 29.2 Å². The molecule has 4 heterocycles. The zero-order chi connectivity index (χ0) is 30.8. The topological polar surface area (TPSA) is 99.3 Å². The number of halogens is 2. The molecule has 0 aliphatic carbocycles. The first-order chi connectivity index (χ1) is 21.2. The summed E-state index contributed by atoms with van der Waals surface area (Å²) in [4.78, 5) is 15.3. The van der Waals surface area contributed by atoms with Crippen molar-refractivity contribution in [1.29, 1.82) is 0 Å². The summed E-state index contributed by atoms with van der Waals surface area (Å²) in [6, 6.07) is 16.8. The van der Waals surface area contributed by atoms with Crippen molar-refractivity contribution in [3.63, 3.8) is 0 Å². The van der Waals surface area contributed by atoms with Gasteiger partial charge in [-0.15, -0.1) is 11.3 Å². The van der Waals surface area contributed by atoms with Crippen molar-refractivity contribution in [3.8, 4) is 28.1 Å². The fraction of sp³-hybridized carbons (Fsp3) is 0.290. The van der Waals surface area contributed by atoms with Crippen LogP contribution in [0.1, 0.15) is 51.3 Å². The number of carbonyl (C=O) groups is 1. The number of hydrazine groups is 1. The molecular formula is C31H30Cl2N6O3S2. The van der Waals surface area contributed by atoms with Gasteiger partial charge in [0.2, 0.25) is 0 Å². The number of aromatic nitrogens is 2. The van der Waals surface area contributed by atoms with E-state index in [1.165, 1.54) is 15.6 Å². The molecule has 0 unspecified atom stereocenters. The summed E-state index contributed by atoms with van der Waals surface area (Å²) in [5.74, 6) is 6.00. The van der Waals surface area contributed by atoms with Crippen molar-refractivity contribution >= 4 is 50.7 Å². The Labute approximate surface area is 270 Å².